The molecule has 6 heterocycles. The third-order valence-corrected chi connectivity index (χ3v) is 12.1. The van der Waals surface area contributed by atoms with Gasteiger partial charge in [-0.05, 0) is 72.5 Å². The van der Waals surface area contributed by atoms with Crippen LogP contribution in [0.3, 0.4) is 0 Å². The number of pyridine rings is 1. The second kappa shape index (κ2) is 10.9. The zero-order valence-corrected chi connectivity index (χ0v) is 27.8. The number of nitrogens with zero attached hydrogens (tertiary/aromatic N) is 3. The monoisotopic (exact) mass is 654 g/mol. The summed E-state index contributed by atoms with van der Waals surface area (Å²) >= 11 is 0. The summed E-state index contributed by atoms with van der Waals surface area (Å²) in [5, 5.41) is 4.80. The third kappa shape index (κ3) is 4.00. The summed E-state index contributed by atoms with van der Waals surface area (Å²) < 4.78 is 16.7. The lowest BCUT2D eigenvalue weighted by atomic mass is 9.53. The van der Waals surface area contributed by atoms with Gasteiger partial charge in [0.15, 0.2) is 0 Å². The molecule has 2 aromatic heterocycles. The van der Waals surface area contributed by atoms with E-state index in [1.54, 1.807) is 0 Å². The fourth-order valence-corrected chi connectivity index (χ4v) is 9.88. The quantitative estimate of drug-likeness (QED) is 0.224. The molecule has 0 bridgehead atoms. The van der Waals surface area contributed by atoms with Gasteiger partial charge >= 0.3 is 0 Å². The first kappa shape index (κ1) is 28.6. The van der Waals surface area contributed by atoms with Gasteiger partial charge < -0.3 is 19.4 Å². The van der Waals surface area contributed by atoms with E-state index in [1.807, 2.05) is 12.4 Å². The van der Waals surface area contributed by atoms with E-state index in [1.165, 1.54) is 38.9 Å². The molecular formula is C44H38N4O2. The normalized spacial score (nSPS) is 29.7. The van der Waals surface area contributed by atoms with Crippen molar-refractivity contribution in [1.82, 2.24) is 14.9 Å². The Bertz CT molecular complexity index is 2320. The minimum atomic E-state index is -0.384. The number of nitrogens with one attached hydrogen (secondary N) is 1. The van der Waals surface area contributed by atoms with Crippen LogP contribution in [-0.2, 0) is 16.7 Å². The summed E-state index contributed by atoms with van der Waals surface area (Å²) in [6, 6.07) is 20.4. The van der Waals surface area contributed by atoms with Crippen LogP contribution in [0, 0.1) is 5.92 Å². The van der Waals surface area contributed by atoms with E-state index in [2.05, 4.69) is 129 Å². The van der Waals surface area contributed by atoms with Crippen molar-refractivity contribution in [1.29, 1.82) is 0 Å². The minimum absolute atomic E-state index is 0.00816. The average molecular weight is 655 g/mol. The first-order valence-electron chi connectivity index (χ1n) is 18.2. The number of aliphatic imine (C=N–C) groups is 1. The van der Waals surface area contributed by atoms with Crippen molar-refractivity contribution >= 4 is 23.2 Å². The minimum Gasteiger partial charge on any atom is -0.461 e. The van der Waals surface area contributed by atoms with E-state index in [9.17, 15) is 0 Å². The van der Waals surface area contributed by atoms with Crippen LogP contribution in [0.15, 0.2) is 131 Å². The first-order chi connectivity index (χ1) is 24.8. The molecular weight excluding hydrogens is 617 g/mol. The molecule has 2 aromatic carbocycles. The summed E-state index contributed by atoms with van der Waals surface area (Å²) in [6.45, 7) is 0.824. The SMILES string of the molecule is C1=CCC2OC3CC(n4c5c(c6ccccc64)C=CNC5)C=CC3C3(C2=C1)C1=C(CCC=C1)Oc1cc(-c2ccnc(C4CC=N4)c2)ccc13. The Morgan fingerprint density at radius 1 is 0.960 bits per heavy atom. The summed E-state index contributed by atoms with van der Waals surface area (Å²) in [6.07, 6.45) is 29.4. The van der Waals surface area contributed by atoms with Crippen LogP contribution < -0.4 is 10.1 Å². The number of fused-ring (bicyclic) bond motifs is 10. The summed E-state index contributed by atoms with van der Waals surface area (Å²) in [5.74, 6) is 2.18. The summed E-state index contributed by atoms with van der Waals surface area (Å²) in [7, 11) is 0. The van der Waals surface area contributed by atoms with Crippen molar-refractivity contribution in [2.24, 2.45) is 10.9 Å². The zero-order valence-electron chi connectivity index (χ0n) is 27.8. The standard InChI is InChI=1S/C44H38N4O2/c1-4-10-38-30(7-1)31-18-20-45-26-39(31)48(38)29-14-16-35-43(25-29)50-41-12-6-3-9-33(41)44(35)32-8-2-5-11-40(32)49-42-24-27(13-15-34(42)44)28-17-21-47-37(23-28)36-19-22-46-36/h1-4,6-10,13-18,20-24,29,35-36,41,43,45H,5,11-12,19,25-26H2. The zero-order chi connectivity index (χ0) is 32.8. The predicted molar refractivity (Wildman–Crippen MR) is 198 cm³/mol. The number of aromatic nitrogens is 2. The number of rotatable bonds is 3. The summed E-state index contributed by atoms with van der Waals surface area (Å²) in [5.41, 5.74) is 10.8. The van der Waals surface area contributed by atoms with Crippen molar-refractivity contribution < 1.29 is 9.47 Å². The first-order valence-corrected chi connectivity index (χ1v) is 18.2. The Morgan fingerprint density at radius 3 is 2.84 bits per heavy atom. The number of para-hydroxylation sites is 1. The smallest absolute Gasteiger partial charge is 0.132 e. The lowest BCUT2D eigenvalue weighted by Gasteiger charge is -2.57. The molecule has 0 radical (unpaired) electrons. The van der Waals surface area contributed by atoms with Crippen LogP contribution >= 0.6 is 0 Å². The largest absolute Gasteiger partial charge is 0.461 e. The molecule has 1 saturated heterocycles. The molecule has 11 rings (SSSR count). The third-order valence-electron chi connectivity index (χ3n) is 12.1. The Morgan fingerprint density at radius 2 is 1.90 bits per heavy atom. The number of allylic oxidation sites excluding steroid dienone is 7. The maximum atomic E-state index is 7.23. The molecule has 1 spiro atoms. The van der Waals surface area contributed by atoms with Gasteiger partial charge in [-0.25, -0.2) is 0 Å². The Labute approximate surface area is 291 Å². The second-order valence-electron chi connectivity index (χ2n) is 14.6. The van der Waals surface area contributed by atoms with Gasteiger partial charge in [-0.2, -0.15) is 0 Å². The average Bonchev–Trinajstić information content (AvgIpc) is 3.48. The van der Waals surface area contributed by atoms with Crippen LogP contribution in [-0.4, -0.2) is 28.0 Å². The molecule has 6 atom stereocenters. The van der Waals surface area contributed by atoms with Gasteiger partial charge in [0.25, 0.3) is 0 Å². The molecule has 4 aliphatic heterocycles. The molecule has 6 nitrogen and oxygen atoms in total. The van der Waals surface area contributed by atoms with Crippen LogP contribution in [0.25, 0.3) is 28.1 Å². The molecule has 246 valence electrons. The van der Waals surface area contributed by atoms with Gasteiger partial charge in [-0.15, -0.1) is 0 Å². The molecule has 0 amide bonds. The fourth-order valence-electron chi connectivity index (χ4n) is 9.88. The van der Waals surface area contributed by atoms with Crippen LogP contribution in [0.2, 0.25) is 0 Å². The van der Waals surface area contributed by atoms with Crippen LogP contribution in [0.4, 0.5) is 0 Å². The van der Waals surface area contributed by atoms with Crippen molar-refractivity contribution in [3.05, 3.63) is 149 Å². The van der Waals surface area contributed by atoms with E-state index in [-0.39, 0.29) is 35.6 Å². The van der Waals surface area contributed by atoms with Crippen molar-refractivity contribution in [3.63, 3.8) is 0 Å². The highest BCUT2D eigenvalue weighted by atomic mass is 16.5. The highest BCUT2D eigenvalue weighted by Crippen LogP contribution is 2.62. The molecule has 7 aliphatic rings. The topological polar surface area (TPSA) is 60.7 Å². The van der Waals surface area contributed by atoms with E-state index < -0.39 is 0 Å². The van der Waals surface area contributed by atoms with E-state index in [0.29, 0.717) is 0 Å². The van der Waals surface area contributed by atoms with Gasteiger partial charge in [-0.1, -0.05) is 72.9 Å². The number of ether oxygens (including phenoxy) is 2. The molecule has 6 unspecified atom stereocenters. The Balaban J connectivity index is 1.08. The van der Waals surface area contributed by atoms with E-state index >= 15 is 0 Å². The van der Waals surface area contributed by atoms with Gasteiger partial charge in [0.05, 0.1) is 41.9 Å². The van der Waals surface area contributed by atoms with Crippen molar-refractivity contribution in [3.8, 4) is 16.9 Å². The lowest BCUT2D eigenvalue weighted by molar-refractivity contribution is -0.0744. The van der Waals surface area contributed by atoms with Gasteiger partial charge in [0.1, 0.15) is 11.5 Å². The molecule has 1 fully saturated rings. The number of hydrogen-bond donors (Lipinski definition) is 1. The molecule has 6 heteroatoms. The van der Waals surface area contributed by atoms with Crippen molar-refractivity contribution in [2.45, 2.75) is 68.4 Å². The Hall–Kier alpha value is -5.20. The van der Waals surface area contributed by atoms with Gasteiger partial charge in [0.2, 0.25) is 0 Å². The van der Waals surface area contributed by atoms with Gasteiger partial charge in [-0.3, -0.25) is 9.98 Å². The maximum absolute atomic E-state index is 7.23. The fraction of sp³-hybridized carbons (Fsp3) is 0.273. The predicted octanol–water partition coefficient (Wildman–Crippen LogP) is 9.00. The number of hydrogen-bond acceptors (Lipinski definition) is 5. The summed E-state index contributed by atoms with van der Waals surface area (Å²) in [4.78, 5) is 9.17. The maximum Gasteiger partial charge on any atom is 0.132 e. The van der Waals surface area contributed by atoms with Crippen molar-refractivity contribution in [2.75, 3.05) is 0 Å². The van der Waals surface area contributed by atoms with Gasteiger partial charge in [0, 0.05) is 64.5 Å². The molecule has 4 aromatic rings. The van der Waals surface area contributed by atoms with Crippen LogP contribution in [0.5, 0.6) is 5.75 Å². The van der Waals surface area contributed by atoms with Crippen LogP contribution in [0.1, 0.15) is 66.7 Å². The molecule has 1 N–H and O–H groups in total. The highest BCUT2D eigenvalue weighted by molar-refractivity contribution is 5.92. The Kier molecular flexibility index (Phi) is 6.24. The van der Waals surface area contributed by atoms with E-state index in [0.717, 1.165) is 67.0 Å². The molecule has 50 heavy (non-hydrogen) atoms. The molecule has 3 aliphatic carbocycles. The molecule has 0 saturated carbocycles. The lowest BCUT2D eigenvalue weighted by Crippen LogP contribution is -2.56. The highest BCUT2D eigenvalue weighted by Gasteiger charge is 2.59. The van der Waals surface area contributed by atoms with E-state index in [4.69, 9.17) is 9.47 Å². The number of benzene rings is 2. The second-order valence-corrected chi connectivity index (χ2v) is 14.6.